The first kappa shape index (κ1) is 23.1. The Bertz CT molecular complexity index is 1070. The van der Waals surface area contributed by atoms with E-state index in [1.54, 1.807) is 43.3 Å². The molecule has 0 aromatic heterocycles. The van der Waals surface area contributed by atoms with Crippen LogP contribution < -0.4 is 10.1 Å². The summed E-state index contributed by atoms with van der Waals surface area (Å²) in [5, 5.41) is 23.0. The van der Waals surface area contributed by atoms with E-state index in [0.717, 1.165) is 11.1 Å². The number of alkyl carbamates (subject to hydrolysis) is 1. The first-order valence-corrected chi connectivity index (χ1v) is 11.1. The second-order valence-corrected chi connectivity index (χ2v) is 9.34. The Kier molecular flexibility index (Phi) is 6.07. The Morgan fingerprint density at radius 2 is 1.97 bits per heavy atom. The second-order valence-electron chi connectivity index (χ2n) is 9.34. The zero-order chi connectivity index (χ0) is 23.8. The van der Waals surface area contributed by atoms with Gasteiger partial charge in [-0.2, -0.15) is 0 Å². The molecule has 176 valence electrons. The third-order valence-electron chi connectivity index (χ3n) is 6.11. The molecule has 1 saturated carbocycles. The van der Waals surface area contributed by atoms with Crippen LogP contribution in [0.2, 0.25) is 0 Å². The van der Waals surface area contributed by atoms with E-state index in [9.17, 15) is 19.8 Å². The number of amides is 1. The van der Waals surface area contributed by atoms with Crippen molar-refractivity contribution in [1.29, 1.82) is 0 Å². The van der Waals surface area contributed by atoms with Crippen molar-refractivity contribution in [2.24, 2.45) is 5.41 Å². The van der Waals surface area contributed by atoms with E-state index in [1.807, 2.05) is 19.9 Å². The van der Waals surface area contributed by atoms with Crippen molar-refractivity contribution in [2.75, 3.05) is 6.54 Å². The molecule has 0 bridgehead atoms. The van der Waals surface area contributed by atoms with Crippen LogP contribution in [0.15, 0.2) is 42.5 Å². The number of carboxylic acids is 1. The molecule has 1 aliphatic heterocycles. The molecule has 1 heterocycles. The summed E-state index contributed by atoms with van der Waals surface area (Å²) in [5.41, 5.74) is 1.97. The highest BCUT2D eigenvalue weighted by molar-refractivity contribution is 5.96. The zero-order valence-corrected chi connectivity index (χ0v) is 19.0. The van der Waals surface area contributed by atoms with E-state index >= 15 is 0 Å². The van der Waals surface area contributed by atoms with Crippen molar-refractivity contribution in [3.63, 3.8) is 0 Å². The van der Waals surface area contributed by atoms with Gasteiger partial charge in [-0.3, -0.25) is 0 Å². The molecule has 1 fully saturated rings. The van der Waals surface area contributed by atoms with Gasteiger partial charge in [0.05, 0.1) is 18.3 Å². The number of fused-ring (bicyclic) bond motifs is 1. The number of carbonyl (C=O) groups excluding carboxylic acids is 1. The Labute approximate surface area is 192 Å². The van der Waals surface area contributed by atoms with Gasteiger partial charge in [-0.05, 0) is 48.1 Å². The lowest BCUT2D eigenvalue weighted by Crippen LogP contribution is -2.64. The molecule has 1 aliphatic carbocycles. The van der Waals surface area contributed by atoms with E-state index in [2.05, 4.69) is 5.32 Å². The minimum Gasteiger partial charge on any atom is -0.478 e. The Hall–Kier alpha value is -3.10. The molecule has 4 rings (SSSR count). The van der Waals surface area contributed by atoms with Crippen molar-refractivity contribution in [3.8, 4) is 16.9 Å². The minimum absolute atomic E-state index is 0.163. The number of hydrogen-bond donors (Lipinski definition) is 3. The average molecular weight is 456 g/mol. The summed E-state index contributed by atoms with van der Waals surface area (Å²) in [6.07, 6.45) is -1.75. The summed E-state index contributed by atoms with van der Waals surface area (Å²) in [7, 11) is 0. The normalized spacial score (nSPS) is 25.6. The molecule has 3 atom stereocenters. The quantitative estimate of drug-likeness (QED) is 0.639. The molecule has 0 unspecified atom stereocenters. The summed E-state index contributed by atoms with van der Waals surface area (Å²) in [6.45, 7) is 6.35. The molecule has 2 aromatic rings. The molecule has 33 heavy (non-hydrogen) atoms. The van der Waals surface area contributed by atoms with Gasteiger partial charge >= 0.3 is 12.1 Å². The van der Waals surface area contributed by atoms with Crippen LogP contribution in [-0.2, 0) is 16.1 Å². The van der Waals surface area contributed by atoms with Gasteiger partial charge in [-0.1, -0.05) is 38.1 Å². The largest absolute Gasteiger partial charge is 0.478 e. The number of ether oxygens (including phenoxy) is 3. The molecular formula is C25H29NO7. The van der Waals surface area contributed by atoms with Crippen LogP contribution in [0.5, 0.6) is 5.75 Å². The van der Waals surface area contributed by atoms with Gasteiger partial charge < -0.3 is 29.7 Å². The van der Waals surface area contributed by atoms with Crippen LogP contribution in [0, 0.1) is 5.41 Å². The standard InChI is InChI=1S/C25H29NO7/c1-4-26-23(30)32-21-19(27)12-24(2,3)14-25(21)31-13-16-11-15(9-10-20(16)33-25)17-7-5-6-8-18(17)22(28)29/h5-11,19,21,27H,4,12-14H2,1-3H3,(H,26,30)(H,28,29)/t19-,21-,25-/m1/s1. The first-order valence-electron chi connectivity index (χ1n) is 11.1. The lowest BCUT2D eigenvalue weighted by Gasteiger charge is -2.51. The van der Waals surface area contributed by atoms with Gasteiger partial charge in [0.15, 0.2) is 6.10 Å². The van der Waals surface area contributed by atoms with Crippen molar-refractivity contribution in [2.45, 2.75) is 58.2 Å². The predicted molar refractivity (Wildman–Crippen MR) is 120 cm³/mol. The number of aliphatic hydroxyl groups excluding tert-OH is 1. The third-order valence-corrected chi connectivity index (χ3v) is 6.11. The van der Waals surface area contributed by atoms with Crippen molar-refractivity contribution < 1.29 is 34.0 Å². The maximum absolute atomic E-state index is 12.2. The lowest BCUT2D eigenvalue weighted by atomic mass is 9.71. The Morgan fingerprint density at radius 3 is 2.70 bits per heavy atom. The highest BCUT2D eigenvalue weighted by atomic mass is 16.7. The van der Waals surface area contributed by atoms with Crippen LogP contribution in [-0.4, -0.2) is 46.8 Å². The van der Waals surface area contributed by atoms with E-state index in [0.29, 0.717) is 30.7 Å². The first-order chi connectivity index (χ1) is 15.6. The number of benzene rings is 2. The fraction of sp³-hybridized carbons (Fsp3) is 0.440. The zero-order valence-electron chi connectivity index (χ0n) is 19.0. The Balaban J connectivity index is 1.67. The Morgan fingerprint density at radius 1 is 1.21 bits per heavy atom. The lowest BCUT2D eigenvalue weighted by molar-refractivity contribution is -0.304. The van der Waals surface area contributed by atoms with Gasteiger partial charge in [-0.25, -0.2) is 9.59 Å². The molecule has 0 saturated heterocycles. The van der Waals surface area contributed by atoms with E-state index in [1.165, 1.54) is 0 Å². The van der Waals surface area contributed by atoms with Crippen LogP contribution >= 0.6 is 0 Å². The van der Waals surface area contributed by atoms with Crippen molar-refractivity contribution in [3.05, 3.63) is 53.6 Å². The fourth-order valence-electron chi connectivity index (χ4n) is 4.80. The van der Waals surface area contributed by atoms with Crippen molar-refractivity contribution in [1.82, 2.24) is 5.32 Å². The molecule has 8 heteroatoms. The topological polar surface area (TPSA) is 114 Å². The molecular weight excluding hydrogens is 426 g/mol. The number of rotatable bonds is 4. The van der Waals surface area contributed by atoms with Gasteiger partial charge in [0, 0.05) is 18.5 Å². The maximum atomic E-state index is 12.2. The summed E-state index contributed by atoms with van der Waals surface area (Å²) in [6, 6.07) is 12.2. The van der Waals surface area contributed by atoms with Gasteiger partial charge in [0.1, 0.15) is 5.75 Å². The molecule has 2 aromatic carbocycles. The van der Waals surface area contributed by atoms with Gasteiger partial charge in [-0.15, -0.1) is 0 Å². The number of nitrogens with one attached hydrogen (secondary N) is 1. The van der Waals surface area contributed by atoms with Gasteiger partial charge in [0.25, 0.3) is 5.79 Å². The summed E-state index contributed by atoms with van der Waals surface area (Å²) < 4.78 is 18.1. The summed E-state index contributed by atoms with van der Waals surface area (Å²) in [5.74, 6) is -1.79. The van der Waals surface area contributed by atoms with Crippen molar-refractivity contribution >= 4 is 12.1 Å². The molecule has 1 amide bonds. The highest BCUT2D eigenvalue weighted by Gasteiger charge is 2.58. The minimum atomic E-state index is -1.33. The monoisotopic (exact) mass is 455 g/mol. The average Bonchev–Trinajstić information content (AvgIpc) is 2.75. The van der Waals surface area contributed by atoms with Crippen LogP contribution in [0.3, 0.4) is 0 Å². The van der Waals surface area contributed by atoms with Crippen LogP contribution in [0.1, 0.15) is 49.5 Å². The SMILES string of the molecule is CCNC(=O)O[C@@H]1[C@H](O)CC(C)(C)C[C@]12OCc1cc(-c3ccccc3C(=O)O)ccc1O2. The molecule has 2 aliphatic rings. The van der Waals surface area contributed by atoms with Crippen LogP contribution in [0.4, 0.5) is 4.79 Å². The summed E-state index contributed by atoms with van der Waals surface area (Å²) >= 11 is 0. The third kappa shape index (κ3) is 4.54. The van der Waals surface area contributed by atoms with E-state index < -0.39 is 30.1 Å². The van der Waals surface area contributed by atoms with Crippen LogP contribution in [0.25, 0.3) is 11.1 Å². The fourth-order valence-corrected chi connectivity index (χ4v) is 4.80. The number of carbonyl (C=O) groups is 2. The van der Waals surface area contributed by atoms with Gasteiger partial charge in [0.2, 0.25) is 0 Å². The number of carboxylic acid groups (broad SMARTS) is 1. The number of aliphatic hydroxyl groups is 1. The smallest absolute Gasteiger partial charge is 0.407 e. The number of aromatic carboxylic acids is 1. The van der Waals surface area contributed by atoms with E-state index in [-0.39, 0.29) is 17.6 Å². The molecule has 0 radical (unpaired) electrons. The molecule has 1 spiro atoms. The summed E-state index contributed by atoms with van der Waals surface area (Å²) in [4.78, 5) is 23.8. The van der Waals surface area contributed by atoms with E-state index in [4.69, 9.17) is 14.2 Å². The maximum Gasteiger partial charge on any atom is 0.407 e. The molecule has 3 N–H and O–H groups in total. The predicted octanol–water partition coefficient (Wildman–Crippen LogP) is 3.95. The number of hydrogen-bond acceptors (Lipinski definition) is 6. The molecule has 8 nitrogen and oxygen atoms in total. The highest BCUT2D eigenvalue weighted by Crippen LogP contribution is 2.48. The second kappa shape index (κ2) is 8.68.